The Kier molecular flexibility index (Phi) is 6.00. The third-order valence-corrected chi connectivity index (χ3v) is 5.75. The molecule has 1 aliphatic carbocycles. The highest BCUT2D eigenvalue weighted by atomic mass is 32.1. The molecule has 1 aromatic heterocycles. The molecule has 0 saturated heterocycles. The molecular weight excluding hydrogens is 320 g/mol. The molecule has 0 bridgehead atoms. The van der Waals surface area contributed by atoms with E-state index in [0.29, 0.717) is 19.8 Å². The lowest BCUT2D eigenvalue weighted by Gasteiger charge is -2.29. The lowest BCUT2D eigenvalue weighted by Crippen LogP contribution is -2.44. The first-order valence-electron chi connectivity index (χ1n) is 8.65. The van der Waals surface area contributed by atoms with Gasteiger partial charge in [0.15, 0.2) is 0 Å². The van der Waals surface area contributed by atoms with Gasteiger partial charge in [-0.15, -0.1) is 11.3 Å². The molecule has 1 aromatic carbocycles. The molecule has 5 heteroatoms. The highest BCUT2D eigenvalue weighted by Crippen LogP contribution is 2.40. The zero-order chi connectivity index (χ0) is 16.8. The smallest absolute Gasteiger partial charge is 0.113 e. The van der Waals surface area contributed by atoms with Gasteiger partial charge in [0.05, 0.1) is 24.9 Å². The van der Waals surface area contributed by atoms with E-state index in [1.54, 1.807) is 11.3 Å². The third-order valence-electron chi connectivity index (χ3n) is 4.58. The van der Waals surface area contributed by atoms with Crippen LogP contribution in [0.1, 0.15) is 41.9 Å². The van der Waals surface area contributed by atoms with Crippen LogP contribution < -0.4 is 5.32 Å². The fourth-order valence-electron chi connectivity index (χ4n) is 3.28. The molecule has 0 spiro atoms. The summed E-state index contributed by atoms with van der Waals surface area (Å²) in [7, 11) is 0. The molecule has 4 nitrogen and oxygen atoms in total. The van der Waals surface area contributed by atoms with E-state index in [2.05, 4.69) is 15.7 Å². The summed E-state index contributed by atoms with van der Waals surface area (Å²) in [5.41, 5.74) is 2.15. The number of hydrogen-bond acceptors (Lipinski definition) is 5. The monoisotopic (exact) mass is 346 g/mol. The van der Waals surface area contributed by atoms with Gasteiger partial charge in [-0.05, 0) is 25.3 Å². The van der Waals surface area contributed by atoms with Crippen LogP contribution in [0.25, 0.3) is 0 Å². The number of thiazole rings is 1. The summed E-state index contributed by atoms with van der Waals surface area (Å²) in [6.07, 6.45) is 4.11. The van der Waals surface area contributed by atoms with E-state index in [9.17, 15) is 5.11 Å². The maximum Gasteiger partial charge on any atom is 0.113 e. The lowest BCUT2D eigenvalue weighted by atomic mass is 9.98. The van der Waals surface area contributed by atoms with Crippen molar-refractivity contribution in [3.05, 3.63) is 52.0 Å². The Morgan fingerprint density at radius 2 is 2.04 bits per heavy atom. The highest BCUT2D eigenvalue weighted by molar-refractivity contribution is 7.09. The number of rotatable bonds is 8. The molecule has 1 unspecified atom stereocenters. The van der Waals surface area contributed by atoms with Crippen LogP contribution in [0, 0.1) is 6.92 Å². The Morgan fingerprint density at radius 3 is 2.71 bits per heavy atom. The molecule has 1 saturated carbocycles. The van der Waals surface area contributed by atoms with Gasteiger partial charge >= 0.3 is 0 Å². The molecule has 2 N–H and O–H groups in total. The molecule has 1 atom stereocenters. The lowest BCUT2D eigenvalue weighted by molar-refractivity contribution is 0.0246. The summed E-state index contributed by atoms with van der Waals surface area (Å²) >= 11 is 1.73. The van der Waals surface area contributed by atoms with Gasteiger partial charge in [0.2, 0.25) is 0 Å². The summed E-state index contributed by atoms with van der Waals surface area (Å²) in [5, 5.41) is 17.1. The number of nitrogens with one attached hydrogen (secondary N) is 1. The number of ether oxygens (including phenoxy) is 1. The quantitative estimate of drug-likeness (QED) is 0.769. The van der Waals surface area contributed by atoms with E-state index in [1.165, 1.54) is 12.8 Å². The molecule has 24 heavy (non-hydrogen) atoms. The van der Waals surface area contributed by atoms with Gasteiger partial charge in [-0.3, -0.25) is 0 Å². The maximum absolute atomic E-state index is 10.2. The van der Waals surface area contributed by atoms with Crippen LogP contribution in [-0.2, 0) is 16.9 Å². The van der Waals surface area contributed by atoms with Gasteiger partial charge in [-0.25, -0.2) is 4.98 Å². The number of aromatic nitrogens is 1. The molecule has 0 aliphatic heterocycles. The second-order valence-electron chi connectivity index (χ2n) is 6.62. The number of aliphatic hydroxyl groups excluding tert-OH is 1. The number of benzene rings is 1. The van der Waals surface area contributed by atoms with Crippen molar-refractivity contribution < 1.29 is 9.84 Å². The van der Waals surface area contributed by atoms with Gasteiger partial charge in [-0.2, -0.15) is 0 Å². The van der Waals surface area contributed by atoms with Gasteiger partial charge in [-0.1, -0.05) is 43.2 Å². The van der Waals surface area contributed by atoms with E-state index < -0.39 is 6.10 Å². The molecule has 1 fully saturated rings. The van der Waals surface area contributed by atoms with E-state index in [1.807, 2.05) is 37.3 Å². The molecule has 0 radical (unpaired) electrons. The van der Waals surface area contributed by atoms with E-state index >= 15 is 0 Å². The van der Waals surface area contributed by atoms with Crippen LogP contribution in [0.2, 0.25) is 0 Å². The minimum absolute atomic E-state index is 0.0562. The summed E-state index contributed by atoms with van der Waals surface area (Å²) < 4.78 is 5.64. The summed E-state index contributed by atoms with van der Waals surface area (Å²) in [6, 6.07) is 10.0. The third kappa shape index (κ3) is 4.42. The first kappa shape index (κ1) is 17.5. The van der Waals surface area contributed by atoms with Crippen LogP contribution in [0.15, 0.2) is 35.7 Å². The van der Waals surface area contributed by atoms with Gasteiger partial charge in [0.1, 0.15) is 5.01 Å². The summed E-state index contributed by atoms with van der Waals surface area (Å²) in [4.78, 5) is 4.69. The number of aryl methyl sites for hydroxylation is 1. The molecular formula is C19H26N2O2S. The van der Waals surface area contributed by atoms with Crippen LogP contribution in [-0.4, -0.2) is 29.3 Å². The molecule has 3 rings (SSSR count). The van der Waals surface area contributed by atoms with Crippen molar-refractivity contribution in [1.29, 1.82) is 0 Å². The Bertz CT molecular complexity index is 623. The first-order valence-corrected chi connectivity index (χ1v) is 9.53. The maximum atomic E-state index is 10.2. The fourth-order valence-corrected chi connectivity index (χ4v) is 4.31. The van der Waals surface area contributed by atoms with Crippen LogP contribution in [0.5, 0.6) is 0 Å². The minimum Gasteiger partial charge on any atom is -0.389 e. The molecule has 1 aliphatic rings. The first-order chi connectivity index (χ1) is 11.7. The van der Waals surface area contributed by atoms with Crippen molar-refractivity contribution in [2.45, 2.75) is 50.9 Å². The summed E-state index contributed by atoms with van der Waals surface area (Å²) in [5.74, 6) is 0. The van der Waals surface area contributed by atoms with Crippen molar-refractivity contribution in [1.82, 2.24) is 10.3 Å². The minimum atomic E-state index is -0.507. The van der Waals surface area contributed by atoms with Crippen LogP contribution in [0.3, 0.4) is 0 Å². The van der Waals surface area contributed by atoms with Gasteiger partial charge in [0, 0.05) is 17.6 Å². The van der Waals surface area contributed by atoms with Crippen molar-refractivity contribution in [3.8, 4) is 0 Å². The normalized spacial score (nSPS) is 17.9. The predicted molar refractivity (Wildman–Crippen MR) is 97.1 cm³/mol. The van der Waals surface area contributed by atoms with Gasteiger partial charge < -0.3 is 15.2 Å². The fraction of sp³-hybridized carbons (Fsp3) is 0.526. The topological polar surface area (TPSA) is 54.4 Å². The van der Waals surface area contributed by atoms with E-state index in [-0.39, 0.29) is 5.54 Å². The molecule has 130 valence electrons. The number of nitrogens with zero attached hydrogens (tertiary/aromatic N) is 1. The van der Waals surface area contributed by atoms with Crippen LogP contribution in [0.4, 0.5) is 0 Å². The zero-order valence-corrected chi connectivity index (χ0v) is 15.0. The van der Waals surface area contributed by atoms with Crippen molar-refractivity contribution in [3.63, 3.8) is 0 Å². The standard InChI is InChI=1S/C19H26N2O2S/c1-15-14-24-18(21-15)19(9-5-6-10-19)20-11-17(22)13-23-12-16-7-3-2-4-8-16/h2-4,7-8,14,17,20,22H,5-6,9-13H2,1H3. The van der Waals surface area contributed by atoms with E-state index in [0.717, 1.165) is 29.1 Å². The average Bonchev–Trinajstić information content (AvgIpc) is 3.24. The molecule has 1 heterocycles. The largest absolute Gasteiger partial charge is 0.389 e. The van der Waals surface area contributed by atoms with Crippen molar-refractivity contribution in [2.75, 3.05) is 13.2 Å². The molecule has 2 aromatic rings. The Balaban J connectivity index is 1.48. The Hall–Kier alpha value is -1.27. The zero-order valence-electron chi connectivity index (χ0n) is 14.2. The van der Waals surface area contributed by atoms with E-state index in [4.69, 9.17) is 4.74 Å². The second-order valence-corrected chi connectivity index (χ2v) is 7.48. The van der Waals surface area contributed by atoms with Gasteiger partial charge in [0.25, 0.3) is 0 Å². The predicted octanol–water partition coefficient (Wildman–Crippen LogP) is 3.39. The average molecular weight is 346 g/mol. The number of aliphatic hydroxyl groups is 1. The highest BCUT2D eigenvalue weighted by Gasteiger charge is 2.38. The Labute approximate surface area is 147 Å². The van der Waals surface area contributed by atoms with Crippen molar-refractivity contribution >= 4 is 11.3 Å². The van der Waals surface area contributed by atoms with Crippen molar-refractivity contribution in [2.24, 2.45) is 0 Å². The SMILES string of the molecule is Cc1csc(C2(NCC(O)COCc3ccccc3)CCCC2)n1. The number of hydrogen-bond donors (Lipinski definition) is 2. The molecule has 0 amide bonds. The Morgan fingerprint density at radius 1 is 1.29 bits per heavy atom. The second kappa shape index (κ2) is 8.21. The van der Waals surface area contributed by atoms with Crippen LogP contribution >= 0.6 is 11.3 Å². The summed E-state index contributed by atoms with van der Waals surface area (Å²) in [6.45, 7) is 3.45.